The second-order valence-corrected chi connectivity index (χ2v) is 10.7. The molecule has 0 amide bonds. The number of aliphatic hydroxyl groups is 1. The smallest absolute Gasteiger partial charge is 0.261 e. The fraction of sp³-hybridized carbons (Fsp3) is 0.0870. The van der Waals surface area contributed by atoms with Crippen LogP contribution in [0.5, 0.6) is 0 Å². The highest BCUT2D eigenvalue weighted by Crippen LogP contribution is 2.22. The third-order valence-corrected chi connectivity index (χ3v) is 6.52. The molecule has 0 aliphatic carbocycles. The van der Waals surface area contributed by atoms with E-state index >= 15 is 0 Å². The average Bonchev–Trinajstić information content (AvgIpc) is 2.85. The van der Waals surface area contributed by atoms with Crippen LogP contribution < -0.4 is 0 Å². The van der Waals surface area contributed by atoms with Gasteiger partial charge in [0.25, 0.3) is 9.05 Å². The molecular weight excluding hydrogens is 603 g/mol. The molecular formula is C23H20BrClF3N3O3S2. The number of hydrogen-bond donors (Lipinski definition) is 1. The van der Waals surface area contributed by atoms with Crippen LogP contribution in [0.25, 0.3) is 0 Å². The Hall–Kier alpha value is -2.51. The molecule has 0 bridgehead atoms. The normalized spacial score (nSPS) is 9.97. The van der Waals surface area contributed by atoms with Crippen LogP contribution in [0.3, 0.4) is 0 Å². The molecule has 13 heteroatoms. The molecule has 6 nitrogen and oxygen atoms in total. The first kappa shape index (κ1) is 31.5. The summed E-state index contributed by atoms with van der Waals surface area (Å²) in [5.41, 5.74) is 1.24. The Balaban J connectivity index is 0.000000273. The average molecular weight is 623 g/mol. The largest absolute Gasteiger partial charge is 0.400 e. The van der Waals surface area contributed by atoms with Gasteiger partial charge in [-0.15, -0.1) is 11.8 Å². The highest BCUT2D eigenvalue weighted by Gasteiger charge is 2.09. The van der Waals surface area contributed by atoms with Crippen LogP contribution in [0.2, 0.25) is 0 Å². The monoisotopic (exact) mass is 621 g/mol. The van der Waals surface area contributed by atoms with Crippen molar-refractivity contribution >= 4 is 47.4 Å². The Labute approximate surface area is 224 Å². The van der Waals surface area contributed by atoms with Gasteiger partial charge in [-0.3, -0.25) is 0 Å². The fourth-order valence-corrected chi connectivity index (χ4v) is 4.05. The molecule has 3 aromatic heterocycles. The van der Waals surface area contributed by atoms with Crippen molar-refractivity contribution < 1.29 is 26.7 Å². The third kappa shape index (κ3) is 13.5. The van der Waals surface area contributed by atoms with Gasteiger partial charge in [0, 0.05) is 69.7 Å². The molecule has 0 aliphatic heterocycles. The highest BCUT2D eigenvalue weighted by atomic mass is 79.9. The zero-order valence-electron chi connectivity index (χ0n) is 18.6. The van der Waals surface area contributed by atoms with Gasteiger partial charge < -0.3 is 5.11 Å². The summed E-state index contributed by atoms with van der Waals surface area (Å²) in [6, 6.07) is 18.2. The molecule has 4 rings (SSSR count). The fourth-order valence-electron chi connectivity index (χ4n) is 2.13. The van der Waals surface area contributed by atoms with E-state index in [1.54, 1.807) is 17.8 Å². The van der Waals surface area contributed by atoms with Gasteiger partial charge in [-0.2, -0.15) is 13.2 Å². The maximum Gasteiger partial charge on any atom is 0.261 e. The summed E-state index contributed by atoms with van der Waals surface area (Å²) < 4.78 is 58.9. The molecule has 1 N–H and O–H groups in total. The molecule has 192 valence electrons. The van der Waals surface area contributed by atoms with Crippen molar-refractivity contribution in [1.82, 2.24) is 15.0 Å². The van der Waals surface area contributed by atoms with Crippen LogP contribution in [0.4, 0.5) is 13.2 Å². The molecule has 0 fully saturated rings. The van der Waals surface area contributed by atoms with Gasteiger partial charge in [0.1, 0.15) is 0 Å². The number of pyridine rings is 3. The van der Waals surface area contributed by atoms with Crippen LogP contribution in [0.1, 0.15) is 5.56 Å². The molecule has 4 aromatic rings. The molecule has 0 atom stereocenters. The number of halogens is 5. The highest BCUT2D eigenvalue weighted by molar-refractivity contribution is 9.10. The molecule has 0 spiro atoms. The maximum absolute atomic E-state index is 12.8. The van der Waals surface area contributed by atoms with E-state index in [2.05, 4.69) is 43.0 Å². The quantitative estimate of drug-likeness (QED) is 0.163. The first-order chi connectivity index (χ1) is 17.1. The minimum Gasteiger partial charge on any atom is -0.400 e. The van der Waals surface area contributed by atoms with E-state index in [9.17, 15) is 21.6 Å². The Kier molecular flexibility index (Phi) is 14.9. The van der Waals surface area contributed by atoms with Crippen molar-refractivity contribution in [2.24, 2.45) is 0 Å². The lowest BCUT2D eigenvalue weighted by Crippen LogP contribution is -1.92. The van der Waals surface area contributed by atoms with Crippen LogP contribution in [0, 0.1) is 17.8 Å². The zero-order valence-corrected chi connectivity index (χ0v) is 22.6. The molecule has 0 radical (unpaired) electrons. The van der Waals surface area contributed by atoms with Crippen LogP contribution in [-0.2, 0) is 14.8 Å². The molecule has 0 saturated carbocycles. The Morgan fingerprint density at radius 3 is 1.81 bits per heavy atom. The van der Waals surface area contributed by atoms with E-state index in [-0.39, 0.29) is 4.90 Å². The summed E-state index contributed by atoms with van der Waals surface area (Å²) in [5, 5.41) is 7.00. The Bertz CT molecular complexity index is 1290. The first-order valence-electron chi connectivity index (χ1n) is 9.70. The topological polar surface area (TPSA) is 93.0 Å². The van der Waals surface area contributed by atoms with E-state index < -0.39 is 26.9 Å². The van der Waals surface area contributed by atoms with E-state index in [0.29, 0.717) is 4.47 Å². The summed E-state index contributed by atoms with van der Waals surface area (Å²) in [7, 11) is 2.08. The van der Waals surface area contributed by atoms with E-state index in [1.807, 2.05) is 24.3 Å². The van der Waals surface area contributed by atoms with Gasteiger partial charge in [0.15, 0.2) is 0 Å². The minimum absolute atomic E-state index is 0.285. The predicted octanol–water partition coefficient (Wildman–Crippen LogP) is 6.25. The number of aromatic nitrogens is 3. The summed E-state index contributed by atoms with van der Waals surface area (Å²) in [6.45, 7) is 0. The second-order valence-electron chi connectivity index (χ2n) is 6.14. The maximum atomic E-state index is 12.8. The second kappa shape index (κ2) is 17.0. The van der Waals surface area contributed by atoms with Crippen molar-refractivity contribution in [3.63, 3.8) is 0 Å². The summed E-state index contributed by atoms with van der Waals surface area (Å²) in [4.78, 5) is 10.6. The van der Waals surface area contributed by atoms with Crippen molar-refractivity contribution in [2.75, 3.05) is 7.11 Å². The minimum atomic E-state index is -3.83. The Morgan fingerprint density at radius 2 is 1.36 bits per heavy atom. The number of rotatable bonds is 4. The lowest BCUT2D eigenvalue weighted by Gasteiger charge is -2.01. The van der Waals surface area contributed by atoms with Crippen LogP contribution in [-0.4, -0.2) is 35.6 Å². The lowest BCUT2D eigenvalue weighted by atomic mass is 10.2. The van der Waals surface area contributed by atoms with E-state index in [1.165, 1.54) is 30.1 Å². The van der Waals surface area contributed by atoms with Gasteiger partial charge in [-0.25, -0.2) is 23.4 Å². The van der Waals surface area contributed by atoms with E-state index in [4.69, 9.17) is 15.8 Å². The summed E-state index contributed by atoms with van der Waals surface area (Å²) in [5.74, 6) is -0.899. The number of hydrogen-bond acceptors (Lipinski definition) is 7. The number of thioether (sulfide) groups is 1. The van der Waals surface area contributed by atoms with Gasteiger partial charge in [0.2, 0.25) is 17.8 Å². The van der Waals surface area contributed by atoms with Crippen molar-refractivity contribution in [1.29, 1.82) is 0 Å². The number of nitrogens with zero attached hydrogens (tertiary/aromatic N) is 3. The van der Waals surface area contributed by atoms with Gasteiger partial charge in [-0.05, 0) is 23.8 Å². The molecule has 0 aliphatic rings. The Morgan fingerprint density at radius 1 is 0.833 bits per heavy atom. The standard InChI is InChI=1S/C12H10FNS.C5H3BrFN.C5H3ClFNO2S.CH4O/c13-12-8-11(6-7-14-12)15-9-10-4-2-1-3-5-10;6-4-1-2-8-5(7)3-4;6-11(9,10)4-1-2-8-5(7)3-4;1-2/h1-8H,9H2;1-3H;1-3H;2H,1H3. The molecule has 0 saturated heterocycles. The van der Waals surface area contributed by atoms with Crippen LogP contribution >= 0.6 is 38.4 Å². The van der Waals surface area contributed by atoms with Gasteiger partial charge >= 0.3 is 0 Å². The third-order valence-electron chi connectivity index (χ3n) is 3.61. The number of aliphatic hydroxyl groups excluding tert-OH is 1. The van der Waals surface area contributed by atoms with Gasteiger partial charge in [0.05, 0.1) is 4.90 Å². The summed E-state index contributed by atoms with van der Waals surface area (Å²) >= 11 is 4.69. The molecule has 0 unspecified atom stereocenters. The van der Waals surface area contributed by atoms with Crippen molar-refractivity contribution in [2.45, 2.75) is 15.5 Å². The van der Waals surface area contributed by atoms with Crippen molar-refractivity contribution in [3.8, 4) is 0 Å². The molecule has 36 heavy (non-hydrogen) atoms. The van der Waals surface area contributed by atoms with E-state index in [0.717, 1.165) is 36.1 Å². The van der Waals surface area contributed by atoms with Crippen molar-refractivity contribution in [3.05, 3.63) is 113 Å². The molecule has 1 aromatic carbocycles. The first-order valence-corrected chi connectivity index (χ1v) is 13.8. The van der Waals surface area contributed by atoms with Gasteiger partial charge in [-0.1, -0.05) is 46.3 Å². The predicted molar refractivity (Wildman–Crippen MR) is 137 cm³/mol. The SMILES string of the molecule is CO.Fc1cc(Br)ccn1.Fc1cc(SCc2ccccc2)ccn1.O=S(=O)(Cl)c1ccnc(F)c1. The van der Waals surface area contributed by atoms with Crippen LogP contribution in [0.15, 0.2) is 99.6 Å². The lowest BCUT2D eigenvalue weighted by molar-refractivity contribution is 0.399. The summed E-state index contributed by atoms with van der Waals surface area (Å²) in [6.07, 6.45) is 3.92. The molecule has 3 heterocycles. The zero-order chi connectivity index (χ0) is 27.0. The number of benzene rings is 1.